The van der Waals surface area contributed by atoms with Gasteiger partial charge in [0.25, 0.3) is 0 Å². The zero-order valence-corrected chi connectivity index (χ0v) is 16.7. The highest BCUT2D eigenvalue weighted by atomic mass is 19.4. The van der Waals surface area contributed by atoms with Crippen LogP contribution in [0.2, 0.25) is 0 Å². The number of anilines is 1. The molecular formula is C19H29F3N4O2. The summed E-state index contributed by atoms with van der Waals surface area (Å²) in [6.45, 7) is 4.59. The van der Waals surface area contributed by atoms with Crippen LogP contribution in [0.15, 0.2) is 18.2 Å². The number of carbonyl (C=O) groups excluding carboxylic acids is 1. The van der Waals surface area contributed by atoms with E-state index in [1.807, 2.05) is 14.1 Å². The van der Waals surface area contributed by atoms with E-state index in [2.05, 4.69) is 15.2 Å². The number of hydrogen-bond donors (Lipinski definition) is 1. The van der Waals surface area contributed by atoms with Gasteiger partial charge in [0.1, 0.15) is 11.5 Å². The number of aromatic nitrogens is 1. The molecule has 1 amide bonds. The van der Waals surface area contributed by atoms with Gasteiger partial charge < -0.3 is 10.1 Å². The highest BCUT2D eigenvalue weighted by Crippen LogP contribution is 2.32. The maximum Gasteiger partial charge on any atom is 0.433 e. The fraction of sp³-hybridized carbons (Fsp3) is 0.684. The lowest BCUT2D eigenvalue weighted by atomic mass is 9.87. The van der Waals surface area contributed by atoms with Gasteiger partial charge in [-0.05, 0) is 39.1 Å². The van der Waals surface area contributed by atoms with Crippen LogP contribution in [0, 0.1) is 0 Å². The maximum atomic E-state index is 13.1. The highest BCUT2D eigenvalue weighted by Gasteiger charge is 2.40. The first-order valence-corrected chi connectivity index (χ1v) is 9.52. The molecule has 1 fully saturated rings. The quantitative estimate of drug-likeness (QED) is 0.724. The van der Waals surface area contributed by atoms with Crippen molar-refractivity contribution in [1.82, 2.24) is 15.2 Å². The first-order valence-electron chi connectivity index (χ1n) is 9.52. The normalized spacial score (nSPS) is 17.0. The van der Waals surface area contributed by atoms with Crippen molar-refractivity contribution in [2.75, 3.05) is 51.8 Å². The Labute approximate surface area is 164 Å². The highest BCUT2D eigenvalue weighted by molar-refractivity contribution is 5.92. The summed E-state index contributed by atoms with van der Waals surface area (Å²) in [5.41, 5.74) is -1.38. The predicted molar refractivity (Wildman–Crippen MR) is 101 cm³/mol. The number of nitrogens with zero attached hydrogens (tertiary/aromatic N) is 3. The lowest BCUT2D eigenvalue weighted by Gasteiger charge is -2.47. The Kier molecular flexibility index (Phi) is 7.79. The summed E-state index contributed by atoms with van der Waals surface area (Å²) in [4.78, 5) is 20.0. The monoisotopic (exact) mass is 402 g/mol. The van der Waals surface area contributed by atoms with Crippen LogP contribution < -0.4 is 10.2 Å². The number of alkyl halides is 3. The number of amides is 1. The summed E-state index contributed by atoms with van der Waals surface area (Å²) in [5, 5.41) is 3.11. The fourth-order valence-electron chi connectivity index (χ4n) is 3.44. The summed E-state index contributed by atoms with van der Waals surface area (Å²) in [6.07, 6.45) is -2.99. The number of carbonyl (C=O) groups is 1. The number of rotatable bonds is 8. The molecule has 1 aliphatic heterocycles. The summed E-state index contributed by atoms with van der Waals surface area (Å²) < 4.78 is 44.9. The number of hydrogen-bond acceptors (Lipinski definition) is 5. The second-order valence-electron chi connectivity index (χ2n) is 7.07. The van der Waals surface area contributed by atoms with Gasteiger partial charge in [0.05, 0.1) is 0 Å². The van der Waals surface area contributed by atoms with Crippen molar-refractivity contribution in [3.05, 3.63) is 23.9 Å². The van der Waals surface area contributed by atoms with Crippen LogP contribution in [-0.4, -0.2) is 68.3 Å². The fourth-order valence-corrected chi connectivity index (χ4v) is 3.44. The van der Waals surface area contributed by atoms with E-state index in [9.17, 15) is 18.0 Å². The van der Waals surface area contributed by atoms with Crippen molar-refractivity contribution in [2.45, 2.75) is 37.9 Å². The lowest BCUT2D eigenvalue weighted by molar-refractivity contribution is -0.141. The summed E-state index contributed by atoms with van der Waals surface area (Å²) >= 11 is 0. The Bertz CT molecular complexity index is 648. The topological polar surface area (TPSA) is 57.7 Å². The zero-order valence-electron chi connectivity index (χ0n) is 16.7. The van der Waals surface area contributed by atoms with E-state index in [0.29, 0.717) is 26.1 Å². The Morgan fingerprint density at radius 3 is 2.57 bits per heavy atom. The van der Waals surface area contributed by atoms with E-state index in [-0.39, 0.29) is 30.2 Å². The Balaban J connectivity index is 2.37. The molecule has 0 spiro atoms. The number of halogens is 3. The van der Waals surface area contributed by atoms with Gasteiger partial charge in [-0.3, -0.25) is 14.6 Å². The molecule has 1 saturated heterocycles. The SMILES string of the molecule is CCC(=O)N(CC1(N(C)CCNC)CCOCC1)c1cccc(C(F)(F)F)n1. The van der Waals surface area contributed by atoms with E-state index in [4.69, 9.17) is 4.74 Å². The largest absolute Gasteiger partial charge is 0.433 e. The summed E-state index contributed by atoms with van der Waals surface area (Å²) in [6, 6.07) is 3.67. The molecular weight excluding hydrogens is 373 g/mol. The number of nitrogens with one attached hydrogen (secondary N) is 1. The number of ether oxygens (including phenoxy) is 1. The summed E-state index contributed by atoms with van der Waals surface area (Å²) in [7, 11) is 3.85. The van der Waals surface area contributed by atoms with Crippen molar-refractivity contribution in [3.8, 4) is 0 Å². The standard InChI is InChI=1S/C19H29F3N4O2/c1-4-17(27)26(16-7-5-6-15(24-16)19(20,21)22)14-18(8-12-28-13-9-18)25(3)11-10-23-2/h5-7,23H,4,8-14H2,1-3H3. The molecule has 158 valence electrons. The Morgan fingerprint density at radius 2 is 2.00 bits per heavy atom. The molecule has 0 bridgehead atoms. The van der Waals surface area contributed by atoms with Gasteiger partial charge in [0.15, 0.2) is 0 Å². The van der Waals surface area contributed by atoms with Crippen LogP contribution in [0.4, 0.5) is 19.0 Å². The third-order valence-corrected chi connectivity index (χ3v) is 5.29. The van der Waals surface area contributed by atoms with Crippen molar-refractivity contribution >= 4 is 11.7 Å². The van der Waals surface area contributed by atoms with Crippen molar-refractivity contribution < 1.29 is 22.7 Å². The molecule has 1 aromatic heterocycles. The number of likely N-dealkylation sites (N-methyl/N-ethyl adjacent to an activating group) is 2. The molecule has 28 heavy (non-hydrogen) atoms. The lowest BCUT2D eigenvalue weighted by Crippen LogP contribution is -2.59. The first-order chi connectivity index (χ1) is 13.2. The summed E-state index contributed by atoms with van der Waals surface area (Å²) in [5.74, 6) is -0.214. The number of pyridine rings is 1. The molecule has 0 atom stereocenters. The minimum Gasteiger partial charge on any atom is -0.381 e. The minimum atomic E-state index is -4.56. The molecule has 1 N–H and O–H groups in total. The van der Waals surface area contributed by atoms with E-state index < -0.39 is 11.9 Å². The maximum absolute atomic E-state index is 13.1. The molecule has 1 aromatic rings. The van der Waals surface area contributed by atoms with Gasteiger partial charge in [-0.25, -0.2) is 4.98 Å². The molecule has 0 unspecified atom stereocenters. The molecule has 1 aliphatic rings. The van der Waals surface area contributed by atoms with Gasteiger partial charge in [-0.1, -0.05) is 13.0 Å². The molecule has 2 heterocycles. The van der Waals surface area contributed by atoms with E-state index in [0.717, 1.165) is 19.2 Å². The van der Waals surface area contributed by atoms with Gasteiger partial charge >= 0.3 is 6.18 Å². The van der Waals surface area contributed by atoms with Crippen LogP contribution >= 0.6 is 0 Å². The molecule has 0 saturated carbocycles. The van der Waals surface area contributed by atoms with Crippen LogP contribution in [0.1, 0.15) is 31.9 Å². The van der Waals surface area contributed by atoms with Crippen molar-refractivity contribution in [2.24, 2.45) is 0 Å². The molecule has 2 rings (SSSR count). The van der Waals surface area contributed by atoms with Crippen LogP contribution in [0.25, 0.3) is 0 Å². The first kappa shape index (κ1) is 22.6. The van der Waals surface area contributed by atoms with Gasteiger partial charge in [0.2, 0.25) is 5.91 Å². The van der Waals surface area contributed by atoms with Crippen LogP contribution in [0.3, 0.4) is 0 Å². The van der Waals surface area contributed by atoms with Crippen molar-refractivity contribution in [3.63, 3.8) is 0 Å². The van der Waals surface area contributed by atoms with E-state index in [1.165, 1.54) is 17.0 Å². The van der Waals surface area contributed by atoms with E-state index >= 15 is 0 Å². The Morgan fingerprint density at radius 1 is 1.32 bits per heavy atom. The zero-order chi connectivity index (χ0) is 20.8. The molecule has 0 aliphatic carbocycles. The van der Waals surface area contributed by atoms with E-state index in [1.54, 1.807) is 6.92 Å². The average molecular weight is 402 g/mol. The van der Waals surface area contributed by atoms with Crippen LogP contribution in [0.5, 0.6) is 0 Å². The predicted octanol–water partition coefficient (Wildman–Crippen LogP) is 2.54. The molecule has 0 aromatic carbocycles. The smallest absolute Gasteiger partial charge is 0.381 e. The minimum absolute atomic E-state index is 0.0366. The third kappa shape index (κ3) is 5.42. The molecule has 6 nitrogen and oxygen atoms in total. The van der Waals surface area contributed by atoms with Crippen molar-refractivity contribution in [1.29, 1.82) is 0 Å². The molecule has 9 heteroatoms. The second-order valence-corrected chi connectivity index (χ2v) is 7.07. The van der Waals surface area contributed by atoms with Crippen LogP contribution in [-0.2, 0) is 15.7 Å². The second kappa shape index (κ2) is 9.67. The van der Waals surface area contributed by atoms with Gasteiger partial charge in [-0.2, -0.15) is 13.2 Å². The Hall–Kier alpha value is -1.71. The third-order valence-electron chi connectivity index (χ3n) is 5.29. The molecule has 0 radical (unpaired) electrons. The van der Waals surface area contributed by atoms with Gasteiger partial charge in [-0.15, -0.1) is 0 Å². The average Bonchev–Trinajstić information content (AvgIpc) is 2.69. The van der Waals surface area contributed by atoms with Gasteiger partial charge in [0, 0.05) is 44.8 Å².